The largest absolute Gasteiger partial charge is 0.311 e. The van der Waals surface area contributed by atoms with E-state index in [-0.39, 0.29) is 12.3 Å². The summed E-state index contributed by atoms with van der Waals surface area (Å²) in [7, 11) is 0. The number of aromatic nitrogens is 1. The fraction of sp³-hybridized carbons (Fsp3) is 0.238. The van der Waals surface area contributed by atoms with Gasteiger partial charge in [-0.05, 0) is 49.1 Å². The number of benzene rings is 2. The van der Waals surface area contributed by atoms with Crippen molar-refractivity contribution in [3.63, 3.8) is 0 Å². The summed E-state index contributed by atoms with van der Waals surface area (Å²) in [5.41, 5.74) is 4.79. The minimum Gasteiger partial charge on any atom is -0.311 e. The van der Waals surface area contributed by atoms with E-state index in [2.05, 4.69) is 4.98 Å². The Kier molecular flexibility index (Phi) is 3.94. The van der Waals surface area contributed by atoms with Crippen molar-refractivity contribution in [3.8, 4) is 0 Å². The third kappa shape index (κ3) is 2.64. The molecule has 1 aromatic heterocycles. The Labute approximate surface area is 150 Å². The smallest absolute Gasteiger partial charge is 0.231 e. The van der Waals surface area contributed by atoms with Crippen LogP contribution in [0.2, 0.25) is 0 Å². The van der Waals surface area contributed by atoms with Crippen LogP contribution in [0.15, 0.2) is 36.4 Å². The number of fused-ring (bicyclic) bond motifs is 2. The van der Waals surface area contributed by atoms with Gasteiger partial charge in [-0.2, -0.15) is 0 Å². The van der Waals surface area contributed by atoms with Crippen molar-refractivity contribution < 1.29 is 13.6 Å². The molecule has 3 nitrogen and oxygen atoms in total. The minimum absolute atomic E-state index is 0.127. The summed E-state index contributed by atoms with van der Waals surface area (Å²) in [5.74, 6) is -1.93. The topological polar surface area (TPSA) is 33.2 Å². The normalized spacial score (nSPS) is 13.3. The molecule has 0 aliphatic carbocycles. The highest BCUT2D eigenvalue weighted by molar-refractivity contribution is 5.97. The molecule has 0 fully saturated rings. The van der Waals surface area contributed by atoms with Gasteiger partial charge in [-0.3, -0.25) is 9.78 Å². The van der Waals surface area contributed by atoms with Crippen molar-refractivity contribution in [1.29, 1.82) is 0 Å². The highest BCUT2D eigenvalue weighted by Gasteiger charge is 2.27. The zero-order valence-corrected chi connectivity index (χ0v) is 14.6. The Morgan fingerprint density at radius 3 is 2.69 bits per heavy atom. The predicted molar refractivity (Wildman–Crippen MR) is 97.3 cm³/mol. The maximum absolute atomic E-state index is 13.6. The summed E-state index contributed by atoms with van der Waals surface area (Å²) < 4.78 is 27.0. The van der Waals surface area contributed by atoms with Crippen LogP contribution >= 0.6 is 0 Å². The van der Waals surface area contributed by atoms with E-state index >= 15 is 0 Å². The standard InChI is InChI=1S/C21H18F2N2O/c1-12-15-5-3-4-6-19(15)24-13(2)16(12)10-21(26)25-8-7-14-9-17(22)18(23)11-20(14)25/h3-6,9,11H,7-8,10H2,1-2H3. The minimum atomic E-state index is -0.928. The Balaban J connectivity index is 1.69. The number of amides is 1. The van der Waals surface area contributed by atoms with Gasteiger partial charge in [0.05, 0.1) is 17.6 Å². The van der Waals surface area contributed by atoms with Crippen LogP contribution in [-0.2, 0) is 17.6 Å². The number of carbonyl (C=O) groups is 1. The number of hydrogen-bond donors (Lipinski definition) is 0. The third-order valence-corrected chi connectivity index (χ3v) is 5.13. The van der Waals surface area contributed by atoms with Gasteiger partial charge in [0, 0.05) is 23.7 Å². The van der Waals surface area contributed by atoms with Crippen LogP contribution in [0.5, 0.6) is 0 Å². The predicted octanol–water partition coefficient (Wildman–Crippen LogP) is 4.26. The maximum atomic E-state index is 13.6. The number of anilines is 1. The van der Waals surface area contributed by atoms with Gasteiger partial charge >= 0.3 is 0 Å². The van der Waals surface area contributed by atoms with Crippen molar-refractivity contribution in [3.05, 3.63) is 70.4 Å². The zero-order chi connectivity index (χ0) is 18.4. The number of hydrogen-bond acceptors (Lipinski definition) is 2. The van der Waals surface area contributed by atoms with Gasteiger partial charge < -0.3 is 4.90 Å². The molecule has 0 saturated heterocycles. The number of para-hydroxylation sites is 1. The average molecular weight is 352 g/mol. The molecule has 1 aliphatic rings. The van der Waals surface area contributed by atoms with E-state index in [0.717, 1.165) is 33.8 Å². The Morgan fingerprint density at radius 1 is 1.15 bits per heavy atom. The lowest BCUT2D eigenvalue weighted by atomic mass is 9.99. The van der Waals surface area contributed by atoms with Gasteiger partial charge in [-0.25, -0.2) is 8.78 Å². The van der Waals surface area contributed by atoms with Gasteiger partial charge in [0.25, 0.3) is 0 Å². The van der Waals surface area contributed by atoms with Gasteiger partial charge in [-0.1, -0.05) is 18.2 Å². The first-order valence-corrected chi connectivity index (χ1v) is 8.59. The fourth-order valence-corrected chi connectivity index (χ4v) is 3.72. The first-order chi connectivity index (χ1) is 12.5. The molecular weight excluding hydrogens is 334 g/mol. The molecule has 0 atom stereocenters. The lowest BCUT2D eigenvalue weighted by molar-refractivity contribution is -0.117. The van der Waals surface area contributed by atoms with Crippen LogP contribution in [0.4, 0.5) is 14.5 Å². The molecule has 132 valence electrons. The highest BCUT2D eigenvalue weighted by atomic mass is 19.2. The van der Waals surface area contributed by atoms with Crippen LogP contribution in [0, 0.1) is 25.5 Å². The van der Waals surface area contributed by atoms with Crippen molar-refractivity contribution in [2.24, 2.45) is 0 Å². The molecule has 2 aromatic carbocycles. The summed E-state index contributed by atoms with van der Waals surface area (Å²) in [4.78, 5) is 19.0. The molecule has 1 amide bonds. The van der Waals surface area contributed by atoms with E-state index in [0.29, 0.717) is 24.2 Å². The molecule has 0 bridgehead atoms. The number of carbonyl (C=O) groups excluding carboxylic acids is 1. The second kappa shape index (κ2) is 6.16. The van der Waals surface area contributed by atoms with Crippen molar-refractivity contribution in [1.82, 2.24) is 4.98 Å². The third-order valence-electron chi connectivity index (χ3n) is 5.13. The van der Waals surface area contributed by atoms with Gasteiger partial charge in [0.1, 0.15) is 0 Å². The molecule has 5 heteroatoms. The molecule has 2 heterocycles. The zero-order valence-electron chi connectivity index (χ0n) is 14.6. The van der Waals surface area contributed by atoms with Crippen LogP contribution in [-0.4, -0.2) is 17.4 Å². The summed E-state index contributed by atoms with van der Waals surface area (Å²) in [6.07, 6.45) is 0.722. The second-order valence-corrected chi connectivity index (χ2v) is 6.69. The molecule has 1 aliphatic heterocycles. The summed E-state index contributed by atoms with van der Waals surface area (Å²) in [6, 6.07) is 10.1. The average Bonchev–Trinajstić information content (AvgIpc) is 3.01. The van der Waals surface area contributed by atoms with E-state index in [9.17, 15) is 13.6 Å². The molecule has 0 radical (unpaired) electrons. The van der Waals surface area contributed by atoms with E-state index in [4.69, 9.17) is 0 Å². The number of rotatable bonds is 2. The Bertz CT molecular complexity index is 1050. The molecule has 26 heavy (non-hydrogen) atoms. The lowest BCUT2D eigenvalue weighted by Crippen LogP contribution is -2.31. The SMILES string of the molecule is Cc1nc2ccccc2c(C)c1CC(=O)N1CCc2cc(F)c(F)cc21. The monoisotopic (exact) mass is 352 g/mol. The second-order valence-electron chi connectivity index (χ2n) is 6.69. The van der Waals surface area contributed by atoms with Crippen molar-refractivity contribution in [2.75, 3.05) is 11.4 Å². The van der Waals surface area contributed by atoms with Crippen LogP contribution in [0.3, 0.4) is 0 Å². The van der Waals surface area contributed by atoms with Crippen molar-refractivity contribution in [2.45, 2.75) is 26.7 Å². The van der Waals surface area contributed by atoms with Gasteiger partial charge in [-0.15, -0.1) is 0 Å². The molecule has 0 unspecified atom stereocenters. The molecule has 0 saturated carbocycles. The number of pyridine rings is 1. The van der Waals surface area contributed by atoms with Gasteiger partial charge in [0.2, 0.25) is 5.91 Å². The number of aryl methyl sites for hydroxylation is 2. The van der Waals surface area contributed by atoms with Crippen LogP contribution < -0.4 is 4.90 Å². The quantitative estimate of drug-likeness (QED) is 0.690. The highest BCUT2D eigenvalue weighted by Crippen LogP contribution is 2.31. The number of halogens is 2. The summed E-state index contributed by atoms with van der Waals surface area (Å²) in [5, 5.41) is 1.02. The fourth-order valence-electron chi connectivity index (χ4n) is 3.72. The summed E-state index contributed by atoms with van der Waals surface area (Å²) >= 11 is 0. The first kappa shape index (κ1) is 16.6. The molecule has 4 rings (SSSR count). The first-order valence-electron chi connectivity index (χ1n) is 8.59. The van der Waals surface area contributed by atoms with Crippen molar-refractivity contribution >= 4 is 22.5 Å². The van der Waals surface area contributed by atoms with E-state index < -0.39 is 11.6 Å². The van der Waals surface area contributed by atoms with E-state index in [1.807, 2.05) is 38.1 Å². The van der Waals surface area contributed by atoms with E-state index in [1.165, 1.54) is 6.07 Å². The molecule has 0 N–H and O–H groups in total. The van der Waals surface area contributed by atoms with Gasteiger partial charge in [0.15, 0.2) is 11.6 Å². The van der Waals surface area contributed by atoms with Crippen LogP contribution in [0.1, 0.15) is 22.4 Å². The lowest BCUT2D eigenvalue weighted by Gasteiger charge is -2.19. The molecule has 0 spiro atoms. The Morgan fingerprint density at radius 2 is 1.88 bits per heavy atom. The molecule has 3 aromatic rings. The number of nitrogens with zero attached hydrogens (tertiary/aromatic N) is 2. The maximum Gasteiger partial charge on any atom is 0.231 e. The van der Waals surface area contributed by atoms with Crippen LogP contribution in [0.25, 0.3) is 10.9 Å². The summed E-state index contributed by atoms with van der Waals surface area (Å²) in [6.45, 7) is 4.33. The van der Waals surface area contributed by atoms with E-state index in [1.54, 1.807) is 4.90 Å². The molecular formula is C21H18F2N2O. The Hall–Kier alpha value is -2.82.